The predicted molar refractivity (Wildman–Crippen MR) is 79.4 cm³/mol. The predicted octanol–water partition coefficient (Wildman–Crippen LogP) is 2.89. The van der Waals surface area contributed by atoms with Crippen LogP contribution in [0.25, 0.3) is 5.65 Å². The lowest BCUT2D eigenvalue weighted by Crippen LogP contribution is -2.19. The quantitative estimate of drug-likeness (QED) is 0.789. The molecule has 0 unspecified atom stereocenters. The van der Waals surface area contributed by atoms with E-state index in [4.69, 9.17) is 0 Å². The Morgan fingerprint density at radius 2 is 2.15 bits per heavy atom. The van der Waals surface area contributed by atoms with Gasteiger partial charge in [0.25, 0.3) is 0 Å². The van der Waals surface area contributed by atoms with E-state index in [0.29, 0.717) is 0 Å². The molecule has 0 fully saturated rings. The Morgan fingerprint density at radius 1 is 1.25 bits per heavy atom. The van der Waals surface area contributed by atoms with Crippen LogP contribution in [0.2, 0.25) is 0 Å². The highest BCUT2D eigenvalue weighted by molar-refractivity contribution is 5.42. The molecule has 4 heteroatoms. The van der Waals surface area contributed by atoms with E-state index in [9.17, 15) is 0 Å². The molecular formula is C16H18N4. The third-order valence-electron chi connectivity index (χ3n) is 3.59. The summed E-state index contributed by atoms with van der Waals surface area (Å²) in [5.41, 5.74) is 4.47. The molecule has 0 aliphatic carbocycles. The fraction of sp³-hybridized carbons (Fsp3) is 0.250. The number of nitrogens with one attached hydrogen (secondary N) is 1. The van der Waals surface area contributed by atoms with Crippen molar-refractivity contribution in [3.63, 3.8) is 0 Å². The van der Waals surface area contributed by atoms with Crippen LogP contribution in [0.5, 0.6) is 0 Å². The topological polar surface area (TPSA) is 42.2 Å². The average molecular weight is 266 g/mol. The number of hydrogen-bond acceptors (Lipinski definition) is 3. The number of aromatic nitrogens is 3. The van der Waals surface area contributed by atoms with E-state index in [-0.39, 0.29) is 6.04 Å². The van der Waals surface area contributed by atoms with Crippen LogP contribution in [0.15, 0.2) is 48.9 Å². The van der Waals surface area contributed by atoms with Gasteiger partial charge in [0.15, 0.2) is 0 Å². The van der Waals surface area contributed by atoms with Crippen LogP contribution >= 0.6 is 0 Å². The van der Waals surface area contributed by atoms with E-state index in [2.05, 4.69) is 45.8 Å². The minimum Gasteiger partial charge on any atom is -0.305 e. The fourth-order valence-corrected chi connectivity index (χ4v) is 2.38. The first-order valence-corrected chi connectivity index (χ1v) is 6.81. The molecule has 0 saturated heterocycles. The van der Waals surface area contributed by atoms with Gasteiger partial charge in [0.1, 0.15) is 5.65 Å². The average Bonchev–Trinajstić information content (AvgIpc) is 2.81. The number of rotatable bonds is 4. The van der Waals surface area contributed by atoms with Crippen molar-refractivity contribution in [3.8, 4) is 0 Å². The van der Waals surface area contributed by atoms with E-state index in [0.717, 1.165) is 17.9 Å². The van der Waals surface area contributed by atoms with Crippen LogP contribution in [0.1, 0.15) is 29.9 Å². The van der Waals surface area contributed by atoms with Gasteiger partial charge < -0.3 is 9.72 Å². The smallest absolute Gasteiger partial charge is 0.137 e. The number of aryl methyl sites for hydroxylation is 1. The second-order valence-electron chi connectivity index (χ2n) is 4.96. The fourth-order valence-electron chi connectivity index (χ4n) is 2.38. The molecule has 1 atom stereocenters. The monoisotopic (exact) mass is 266 g/mol. The zero-order valence-electron chi connectivity index (χ0n) is 11.7. The Kier molecular flexibility index (Phi) is 3.48. The van der Waals surface area contributed by atoms with Crippen LogP contribution < -0.4 is 5.32 Å². The van der Waals surface area contributed by atoms with Gasteiger partial charge in [-0.1, -0.05) is 12.1 Å². The molecule has 0 spiro atoms. The SMILES string of the molecule is Cc1nc2ccccn2c1CN[C@@H](C)c1cccnc1. The molecule has 0 amide bonds. The van der Waals surface area contributed by atoms with Gasteiger partial charge in [-0.25, -0.2) is 4.98 Å². The van der Waals surface area contributed by atoms with Crippen molar-refractivity contribution >= 4 is 5.65 Å². The van der Waals surface area contributed by atoms with Gasteiger partial charge in [0, 0.05) is 31.2 Å². The van der Waals surface area contributed by atoms with E-state index < -0.39 is 0 Å². The lowest BCUT2D eigenvalue weighted by molar-refractivity contribution is 0.563. The lowest BCUT2D eigenvalue weighted by Gasteiger charge is -2.14. The molecular weight excluding hydrogens is 248 g/mol. The summed E-state index contributed by atoms with van der Waals surface area (Å²) in [7, 11) is 0. The van der Waals surface area contributed by atoms with Crippen LogP contribution in [-0.2, 0) is 6.54 Å². The second-order valence-corrected chi connectivity index (χ2v) is 4.96. The normalized spacial score (nSPS) is 12.7. The highest BCUT2D eigenvalue weighted by Gasteiger charge is 2.10. The Morgan fingerprint density at radius 3 is 2.95 bits per heavy atom. The lowest BCUT2D eigenvalue weighted by atomic mass is 10.1. The molecule has 4 nitrogen and oxygen atoms in total. The highest BCUT2D eigenvalue weighted by atomic mass is 15.0. The number of hydrogen-bond donors (Lipinski definition) is 1. The molecule has 3 aromatic heterocycles. The third kappa shape index (κ3) is 2.42. The molecule has 0 bridgehead atoms. The summed E-state index contributed by atoms with van der Waals surface area (Å²) in [5, 5.41) is 3.53. The van der Waals surface area contributed by atoms with Crippen LogP contribution in [-0.4, -0.2) is 14.4 Å². The maximum Gasteiger partial charge on any atom is 0.137 e. The Hall–Kier alpha value is -2.20. The van der Waals surface area contributed by atoms with E-state index >= 15 is 0 Å². The minimum absolute atomic E-state index is 0.261. The first-order valence-electron chi connectivity index (χ1n) is 6.81. The summed E-state index contributed by atoms with van der Waals surface area (Å²) in [4.78, 5) is 8.74. The Bertz CT molecular complexity index is 703. The van der Waals surface area contributed by atoms with Crippen molar-refractivity contribution in [2.45, 2.75) is 26.4 Å². The summed E-state index contributed by atoms with van der Waals surface area (Å²) in [5.74, 6) is 0. The zero-order valence-corrected chi connectivity index (χ0v) is 11.7. The van der Waals surface area contributed by atoms with Gasteiger partial charge >= 0.3 is 0 Å². The van der Waals surface area contributed by atoms with Crippen molar-refractivity contribution < 1.29 is 0 Å². The standard InChI is InChI=1S/C16H18N4/c1-12(14-6-5-8-17-10-14)18-11-15-13(2)19-16-7-3-4-9-20(15)16/h3-10,12,18H,11H2,1-2H3/t12-/m0/s1. The third-order valence-corrected chi connectivity index (χ3v) is 3.59. The molecule has 3 rings (SSSR count). The van der Waals surface area contributed by atoms with Gasteiger partial charge in [-0.3, -0.25) is 4.98 Å². The van der Waals surface area contributed by atoms with Crippen molar-refractivity contribution in [3.05, 3.63) is 65.9 Å². The molecule has 0 radical (unpaired) electrons. The number of pyridine rings is 2. The largest absolute Gasteiger partial charge is 0.305 e. The Balaban J connectivity index is 1.79. The van der Waals surface area contributed by atoms with Crippen molar-refractivity contribution in [1.82, 2.24) is 19.7 Å². The molecule has 0 aliphatic heterocycles. The maximum absolute atomic E-state index is 4.57. The van der Waals surface area contributed by atoms with Gasteiger partial charge in [-0.05, 0) is 37.6 Å². The van der Waals surface area contributed by atoms with Crippen LogP contribution in [0.4, 0.5) is 0 Å². The summed E-state index contributed by atoms with van der Waals surface area (Å²) in [6, 6.07) is 10.4. The maximum atomic E-state index is 4.57. The summed E-state index contributed by atoms with van der Waals surface area (Å²) < 4.78 is 2.14. The first kappa shape index (κ1) is 12.8. The van der Waals surface area contributed by atoms with Crippen LogP contribution in [0.3, 0.4) is 0 Å². The number of imidazole rings is 1. The number of nitrogens with zero attached hydrogens (tertiary/aromatic N) is 3. The van der Waals surface area contributed by atoms with E-state index in [1.54, 1.807) is 6.20 Å². The summed E-state index contributed by atoms with van der Waals surface area (Å²) >= 11 is 0. The zero-order chi connectivity index (χ0) is 13.9. The molecule has 3 aromatic rings. The molecule has 0 aliphatic rings. The van der Waals surface area contributed by atoms with Crippen molar-refractivity contribution in [2.24, 2.45) is 0 Å². The highest BCUT2D eigenvalue weighted by Crippen LogP contribution is 2.14. The molecule has 0 aromatic carbocycles. The summed E-state index contributed by atoms with van der Waals surface area (Å²) in [6.07, 6.45) is 5.75. The molecule has 0 saturated carbocycles. The van der Waals surface area contributed by atoms with Gasteiger partial charge in [0.05, 0.1) is 11.4 Å². The van der Waals surface area contributed by atoms with Crippen molar-refractivity contribution in [2.75, 3.05) is 0 Å². The molecule has 20 heavy (non-hydrogen) atoms. The van der Waals surface area contributed by atoms with Crippen LogP contribution in [0, 0.1) is 6.92 Å². The van der Waals surface area contributed by atoms with E-state index in [1.807, 2.05) is 30.5 Å². The first-order chi connectivity index (χ1) is 9.75. The van der Waals surface area contributed by atoms with Crippen molar-refractivity contribution in [1.29, 1.82) is 0 Å². The minimum atomic E-state index is 0.261. The molecule has 1 N–H and O–H groups in total. The second kappa shape index (κ2) is 5.43. The number of fused-ring (bicyclic) bond motifs is 1. The summed E-state index contributed by atoms with van der Waals surface area (Å²) in [6.45, 7) is 4.99. The molecule has 102 valence electrons. The van der Waals surface area contributed by atoms with E-state index in [1.165, 1.54) is 11.3 Å². The van der Waals surface area contributed by atoms with Gasteiger partial charge in [-0.2, -0.15) is 0 Å². The van der Waals surface area contributed by atoms with Gasteiger partial charge in [0.2, 0.25) is 0 Å². The van der Waals surface area contributed by atoms with Gasteiger partial charge in [-0.15, -0.1) is 0 Å². The molecule has 3 heterocycles. The Labute approximate surface area is 118 Å².